The molecule has 0 spiro atoms. The highest BCUT2D eigenvalue weighted by Gasteiger charge is 2.44. The molecule has 3 saturated heterocycles. The number of nitrogens with zero attached hydrogens (tertiary/aromatic N) is 4. The Hall–Kier alpha value is -0.770. The summed E-state index contributed by atoms with van der Waals surface area (Å²) in [5.74, 6) is 0.336. The molecule has 5 nitrogen and oxygen atoms in total. The summed E-state index contributed by atoms with van der Waals surface area (Å²) in [6, 6.07) is 0. The summed E-state index contributed by atoms with van der Waals surface area (Å²) >= 11 is 0. The average molecular weight is 182 g/mol. The number of hydrogen-bond donors (Lipinski definition) is 1. The molecular formula is C8H14N4O. The number of hydrogen-bond acceptors (Lipinski definition) is 3. The van der Waals surface area contributed by atoms with E-state index in [9.17, 15) is 5.11 Å². The molecule has 0 aromatic rings. The van der Waals surface area contributed by atoms with Crippen molar-refractivity contribution in [2.24, 2.45) is 11.0 Å². The highest BCUT2D eigenvalue weighted by atomic mass is 16.3. The van der Waals surface area contributed by atoms with Crippen LogP contribution >= 0.6 is 0 Å². The summed E-state index contributed by atoms with van der Waals surface area (Å²) in [5, 5.41) is 13.7. The number of piperidine rings is 3. The first-order valence-electron chi connectivity index (χ1n) is 4.70. The van der Waals surface area contributed by atoms with Crippen molar-refractivity contribution in [2.45, 2.75) is 18.4 Å². The Balaban J connectivity index is 2.09. The van der Waals surface area contributed by atoms with Crippen molar-refractivity contribution in [3.8, 4) is 0 Å². The van der Waals surface area contributed by atoms with E-state index in [2.05, 4.69) is 14.9 Å². The molecule has 0 radical (unpaired) electrons. The normalized spacial score (nSPS) is 42.8. The third-order valence-corrected chi connectivity index (χ3v) is 3.25. The second-order valence-corrected chi connectivity index (χ2v) is 4.04. The third kappa shape index (κ3) is 1.50. The first kappa shape index (κ1) is 8.81. The molecule has 3 aliphatic rings. The number of azide groups is 1. The second kappa shape index (κ2) is 3.18. The molecular weight excluding hydrogens is 168 g/mol. The van der Waals surface area contributed by atoms with Gasteiger partial charge in [-0.05, 0) is 37.4 Å². The summed E-state index contributed by atoms with van der Waals surface area (Å²) in [6.45, 7) is 3.08. The molecule has 0 saturated carbocycles. The van der Waals surface area contributed by atoms with Crippen LogP contribution in [-0.4, -0.2) is 41.8 Å². The van der Waals surface area contributed by atoms with Crippen LogP contribution in [0.5, 0.6) is 0 Å². The molecule has 1 unspecified atom stereocenters. The fourth-order valence-corrected chi connectivity index (χ4v) is 2.48. The van der Waals surface area contributed by atoms with Gasteiger partial charge in [-0.25, -0.2) is 0 Å². The van der Waals surface area contributed by atoms with Crippen LogP contribution in [0.2, 0.25) is 0 Å². The lowest BCUT2D eigenvalue weighted by Crippen LogP contribution is -2.60. The zero-order valence-corrected chi connectivity index (χ0v) is 7.56. The van der Waals surface area contributed by atoms with Gasteiger partial charge < -0.3 is 10.0 Å². The van der Waals surface area contributed by atoms with Crippen LogP contribution in [0.4, 0.5) is 0 Å². The Morgan fingerprint density at radius 2 is 2.23 bits per heavy atom. The summed E-state index contributed by atoms with van der Waals surface area (Å²) in [7, 11) is 0. The summed E-state index contributed by atoms with van der Waals surface area (Å²) in [5.41, 5.74) is 7.47. The molecule has 3 rings (SSSR count). The number of rotatable bonds is 2. The monoisotopic (exact) mass is 182 g/mol. The van der Waals surface area contributed by atoms with Crippen molar-refractivity contribution in [3.63, 3.8) is 0 Å². The largest absolute Gasteiger partial charge is 0.388 e. The highest BCUT2D eigenvalue weighted by Crippen LogP contribution is 2.35. The van der Waals surface area contributed by atoms with Gasteiger partial charge in [0.1, 0.15) is 0 Å². The van der Waals surface area contributed by atoms with Crippen LogP contribution in [0.25, 0.3) is 10.4 Å². The van der Waals surface area contributed by atoms with Gasteiger partial charge in [-0.1, -0.05) is 5.11 Å². The molecule has 0 aliphatic carbocycles. The first-order chi connectivity index (χ1) is 6.24. The van der Waals surface area contributed by atoms with Crippen molar-refractivity contribution in [1.82, 2.24) is 4.90 Å². The van der Waals surface area contributed by atoms with Gasteiger partial charge in [-0.15, -0.1) is 0 Å². The minimum absolute atomic E-state index is 0.227. The standard InChI is InChI=1S/C8H14N4O/c9-11-10-5-8(13)6-12-3-1-7(8)2-4-12/h7,13H,1-6H2. The molecule has 3 heterocycles. The fraction of sp³-hybridized carbons (Fsp3) is 1.00. The number of fused-ring (bicyclic) bond motifs is 3. The van der Waals surface area contributed by atoms with Gasteiger partial charge in [-0.2, -0.15) is 0 Å². The zero-order chi connectivity index (χ0) is 9.31. The molecule has 3 aliphatic heterocycles. The van der Waals surface area contributed by atoms with Crippen molar-refractivity contribution >= 4 is 0 Å². The van der Waals surface area contributed by atoms with E-state index in [0.29, 0.717) is 12.5 Å². The van der Waals surface area contributed by atoms with Crippen LogP contribution in [-0.2, 0) is 0 Å². The smallest absolute Gasteiger partial charge is 0.0859 e. The predicted molar refractivity (Wildman–Crippen MR) is 48.1 cm³/mol. The molecule has 2 bridgehead atoms. The molecule has 0 aromatic carbocycles. The van der Waals surface area contributed by atoms with E-state index >= 15 is 0 Å². The van der Waals surface area contributed by atoms with Gasteiger partial charge in [0.15, 0.2) is 0 Å². The maximum absolute atomic E-state index is 10.2. The van der Waals surface area contributed by atoms with E-state index in [1.807, 2.05) is 0 Å². The second-order valence-electron chi connectivity index (χ2n) is 4.04. The lowest BCUT2D eigenvalue weighted by Gasteiger charge is -2.49. The van der Waals surface area contributed by atoms with E-state index < -0.39 is 5.60 Å². The lowest BCUT2D eigenvalue weighted by atomic mass is 9.75. The minimum Gasteiger partial charge on any atom is -0.388 e. The molecule has 13 heavy (non-hydrogen) atoms. The Morgan fingerprint density at radius 3 is 2.69 bits per heavy atom. The van der Waals surface area contributed by atoms with E-state index in [0.717, 1.165) is 25.9 Å². The van der Waals surface area contributed by atoms with Crippen LogP contribution in [0, 0.1) is 5.92 Å². The fourth-order valence-electron chi connectivity index (χ4n) is 2.48. The van der Waals surface area contributed by atoms with Gasteiger partial charge in [0.25, 0.3) is 0 Å². The quantitative estimate of drug-likeness (QED) is 0.389. The third-order valence-electron chi connectivity index (χ3n) is 3.25. The van der Waals surface area contributed by atoms with E-state index in [1.54, 1.807) is 0 Å². The van der Waals surface area contributed by atoms with Gasteiger partial charge in [-0.3, -0.25) is 0 Å². The van der Waals surface area contributed by atoms with Gasteiger partial charge in [0, 0.05) is 11.5 Å². The maximum Gasteiger partial charge on any atom is 0.0859 e. The average Bonchev–Trinajstić information content (AvgIpc) is 2.16. The van der Waals surface area contributed by atoms with Crippen LogP contribution in [0.15, 0.2) is 5.11 Å². The number of aliphatic hydroxyl groups is 1. The first-order valence-corrected chi connectivity index (χ1v) is 4.70. The Morgan fingerprint density at radius 1 is 1.54 bits per heavy atom. The van der Waals surface area contributed by atoms with Crippen molar-refractivity contribution in [3.05, 3.63) is 10.4 Å². The summed E-state index contributed by atoms with van der Waals surface area (Å²) in [6.07, 6.45) is 2.08. The molecule has 1 N–H and O–H groups in total. The SMILES string of the molecule is [N-]=[N+]=NCC1(O)CN2CCC1CC2. The molecule has 5 heteroatoms. The Bertz CT molecular complexity index is 243. The zero-order valence-electron chi connectivity index (χ0n) is 7.56. The predicted octanol–water partition coefficient (Wildman–Crippen LogP) is 0.753. The highest BCUT2D eigenvalue weighted by molar-refractivity contribution is 4.99. The maximum atomic E-state index is 10.2. The van der Waals surface area contributed by atoms with E-state index in [-0.39, 0.29) is 6.54 Å². The molecule has 3 fully saturated rings. The lowest BCUT2D eigenvalue weighted by molar-refractivity contribution is -0.104. The van der Waals surface area contributed by atoms with E-state index in [4.69, 9.17) is 5.53 Å². The Labute approximate surface area is 77.0 Å². The van der Waals surface area contributed by atoms with E-state index in [1.165, 1.54) is 0 Å². The minimum atomic E-state index is -0.747. The van der Waals surface area contributed by atoms with Crippen molar-refractivity contribution < 1.29 is 5.11 Å². The molecule has 0 aromatic heterocycles. The van der Waals surface area contributed by atoms with Crippen molar-refractivity contribution in [1.29, 1.82) is 0 Å². The molecule has 1 atom stereocenters. The Kier molecular flexibility index (Phi) is 2.15. The topological polar surface area (TPSA) is 72.2 Å². The van der Waals surface area contributed by atoms with Crippen LogP contribution < -0.4 is 0 Å². The van der Waals surface area contributed by atoms with Crippen LogP contribution in [0.1, 0.15) is 12.8 Å². The summed E-state index contributed by atoms with van der Waals surface area (Å²) in [4.78, 5) is 4.95. The van der Waals surface area contributed by atoms with Gasteiger partial charge >= 0.3 is 0 Å². The molecule has 0 amide bonds. The van der Waals surface area contributed by atoms with Crippen LogP contribution in [0.3, 0.4) is 0 Å². The van der Waals surface area contributed by atoms with Gasteiger partial charge in [0.05, 0.1) is 12.1 Å². The molecule has 72 valence electrons. The summed E-state index contributed by atoms with van der Waals surface area (Å²) < 4.78 is 0. The van der Waals surface area contributed by atoms with Gasteiger partial charge in [0.2, 0.25) is 0 Å². The van der Waals surface area contributed by atoms with Crippen molar-refractivity contribution in [2.75, 3.05) is 26.2 Å².